The predicted octanol–water partition coefficient (Wildman–Crippen LogP) is 2.50. The number of rotatable bonds is 6. The van der Waals surface area contributed by atoms with E-state index in [1.807, 2.05) is 0 Å². The molecule has 0 spiro atoms. The Morgan fingerprint density at radius 3 is 2.61 bits per heavy atom. The van der Waals surface area contributed by atoms with Crippen LogP contribution in [0.25, 0.3) is 0 Å². The van der Waals surface area contributed by atoms with E-state index in [4.69, 9.17) is 0 Å². The Kier molecular flexibility index (Phi) is 5.22. The third-order valence-electron chi connectivity index (χ3n) is 2.78. The van der Waals surface area contributed by atoms with Gasteiger partial charge in [-0.3, -0.25) is 4.98 Å². The lowest BCUT2D eigenvalue weighted by molar-refractivity contribution is -0.274. The van der Waals surface area contributed by atoms with Gasteiger partial charge in [-0.05, 0) is 30.2 Å². The number of hydrogen-bond acceptors (Lipinski definition) is 4. The smallest absolute Gasteiger partial charge is 0.406 e. The molecular weight excluding hydrogens is 333 g/mol. The number of sulfonamides is 1. The molecule has 0 aliphatic rings. The highest BCUT2D eigenvalue weighted by Gasteiger charge is 2.31. The number of ether oxygens (including phenoxy) is 1. The fourth-order valence-corrected chi connectivity index (χ4v) is 2.86. The van der Waals surface area contributed by atoms with Crippen molar-refractivity contribution < 1.29 is 26.3 Å². The molecule has 23 heavy (non-hydrogen) atoms. The highest BCUT2D eigenvalue weighted by Crippen LogP contribution is 2.24. The quantitative estimate of drug-likeness (QED) is 0.873. The molecule has 1 aromatic heterocycles. The molecule has 124 valence electrons. The van der Waals surface area contributed by atoms with E-state index in [2.05, 4.69) is 14.4 Å². The van der Waals surface area contributed by atoms with Crippen molar-refractivity contribution in [1.29, 1.82) is 0 Å². The monoisotopic (exact) mass is 346 g/mol. The number of pyridine rings is 1. The maximum atomic E-state index is 12.2. The van der Waals surface area contributed by atoms with Crippen LogP contribution in [0.1, 0.15) is 5.56 Å². The Labute approximate surface area is 131 Å². The van der Waals surface area contributed by atoms with E-state index >= 15 is 0 Å². The molecule has 0 unspecified atom stereocenters. The first-order chi connectivity index (χ1) is 10.8. The third-order valence-corrected chi connectivity index (χ3v) is 4.24. The number of hydrogen-bond donors (Lipinski definition) is 1. The zero-order valence-electron chi connectivity index (χ0n) is 11.7. The second-order valence-electron chi connectivity index (χ2n) is 4.53. The molecule has 0 fully saturated rings. The van der Waals surface area contributed by atoms with Crippen molar-refractivity contribution in [2.75, 3.05) is 6.54 Å². The first-order valence-corrected chi connectivity index (χ1v) is 7.99. The van der Waals surface area contributed by atoms with Gasteiger partial charge < -0.3 is 4.74 Å². The highest BCUT2D eigenvalue weighted by molar-refractivity contribution is 7.89. The van der Waals surface area contributed by atoms with Crippen molar-refractivity contribution in [1.82, 2.24) is 9.71 Å². The van der Waals surface area contributed by atoms with Crippen LogP contribution in [0, 0.1) is 0 Å². The van der Waals surface area contributed by atoms with E-state index in [0.717, 1.165) is 17.7 Å². The molecule has 0 bridgehead atoms. The van der Waals surface area contributed by atoms with Gasteiger partial charge in [0.1, 0.15) is 5.75 Å². The molecule has 0 atom stereocenters. The maximum absolute atomic E-state index is 12.2. The van der Waals surface area contributed by atoms with Crippen molar-refractivity contribution in [2.45, 2.75) is 17.7 Å². The fraction of sp³-hybridized carbons (Fsp3) is 0.214. The Balaban J connectivity index is 2.03. The van der Waals surface area contributed by atoms with E-state index in [1.165, 1.54) is 12.1 Å². The van der Waals surface area contributed by atoms with E-state index in [0.29, 0.717) is 6.42 Å². The minimum Gasteiger partial charge on any atom is -0.406 e. The molecule has 1 N–H and O–H groups in total. The van der Waals surface area contributed by atoms with Crippen LogP contribution in [0.5, 0.6) is 5.75 Å². The van der Waals surface area contributed by atoms with Crippen molar-refractivity contribution in [3.63, 3.8) is 0 Å². The minimum absolute atomic E-state index is 0.0956. The Bertz CT molecular complexity index is 749. The molecule has 0 aliphatic heterocycles. The van der Waals surface area contributed by atoms with Crippen LogP contribution in [0.4, 0.5) is 13.2 Å². The zero-order chi connectivity index (χ0) is 16.9. The fourth-order valence-electron chi connectivity index (χ4n) is 1.80. The lowest BCUT2D eigenvalue weighted by Crippen LogP contribution is -2.26. The average molecular weight is 346 g/mol. The van der Waals surface area contributed by atoms with E-state index in [1.54, 1.807) is 24.5 Å². The Hall–Kier alpha value is -2.13. The van der Waals surface area contributed by atoms with Crippen molar-refractivity contribution in [2.24, 2.45) is 0 Å². The second-order valence-corrected chi connectivity index (χ2v) is 6.30. The summed E-state index contributed by atoms with van der Waals surface area (Å²) in [5.74, 6) is -0.590. The topological polar surface area (TPSA) is 68.3 Å². The summed E-state index contributed by atoms with van der Waals surface area (Å²) in [4.78, 5) is 3.60. The molecule has 0 saturated heterocycles. The number of aromatic nitrogens is 1. The van der Waals surface area contributed by atoms with Crippen LogP contribution >= 0.6 is 0 Å². The molecule has 1 aromatic carbocycles. The van der Waals surface area contributed by atoms with Gasteiger partial charge in [-0.15, -0.1) is 13.2 Å². The largest absolute Gasteiger partial charge is 0.573 e. The predicted molar refractivity (Wildman–Crippen MR) is 76.3 cm³/mol. The molecule has 2 aromatic rings. The normalized spacial score (nSPS) is 12.1. The lowest BCUT2D eigenvalue weighted by atomic mass is 10.2. The summed E-state index contributed by atoms with van der Waals surface area (Å²) in [6.07, 6.45) is -1.27. The Morgan fingerprint density at radius 1 is 1.17 bits per heavy atom. The zero-order valence-corrected chi connectivity index (χ0v) is 12.6. The molecule has 0 radical (unpaired) electrons. The van der Waals surface area contributed by atoms with Crippen LogP contribution in [0.2, 0.25) is 0 Å². The number of halogens is 3. The number of nitrogens with one attached hydrogen (secondary N) is 1. The van der Waals surface area contributed by atoms with Crippen LogP contribution in [-0.2, 0) is 16.4 Å². The van der Waals surface area contributed by atoms with Crippen LogP contribution in [0.3, 0.4) is 0 Å². The van der Waals surface area contributed by atoms with Crippen LogP contribution in [0.15, 0.2) is 53.7 Å². The van der Waals surface area contributed by atoms with Crippen molar-refractivity contribution >= 4 is 10.0 Å². The van der Waals surface area contributed by atoms with Gasteiger partial charge in [-0.25, -0.2) is 13.1 Å². The summed E-state index contributed by atoms with van der Waals surface area (Å²) in [5.41, 5.74) is 0.837. The minimum atomic E-state index is -4.88. The SMILES string of the molecule is O=S(=O)(NCCc1cccnc1)c1cccc(OC(F)(F)F)c1. The summed E-state index contributed by atoms with van der Waals surface area (Å²) in [6, 6.07) is 7.73. The van der Waals surface area contributed by atoms with Gasteiger partial charge in [0, 0.05) is 25.0 Å². The summed E-state index contributed by atoms with van der Waals surface area (Å²) in [5, 5.41) is 0. The van der Waals surface area contributed by atoms with Gasteiger partial charge in [0.05, 0.1) is 4.90 Å². The molecule has 0 saturated carbocycles. The van der Waals surface area contributed by atoms with Crippen LogP contribution in [-0.4, -0.2) is 26.3 Å². The van der Waals surface area contributed by atoms with E-state index < -0.39 is 22.1 Å². The third kappa shape index (κ3) is 5.53. The molecule has 0 aliphatic carbocycles. The van der Waals surface area contributed by atoms with E-state index in [9.17, 15) is 21.6 Å². The summed E-state index contributed by atoms with van der Waals surface area (Å²) >= 11 is 0. The molecule has 5 nitrogen and oxygen atoms in total. The van der Waals surface area contributed by atoms with E-state index in [-0.39, 0.29) is 11.4 Å². The average Bonchev–Trinajstić information content (AvgIpc) is 2.47. The number of nitrogens with zero attached hydrogens (tertiary/aromatic N) is 1. The number of alkyl halides is 3. The highest BCUT2D eigenvalue weighted by atomic mass is 32.2. The number of benzene rings is 1. The molecule has 9 heteroatoms. The van der Waals surface area contributed by atoms with Crippen molar-refractivity contribution in [3.05, 3.63) is 54.4 Å². The van der Waals surface area contributed by atoms with Crippen molar-refractivity contribution in [3.8, 4) is 5.75 Å². The summed E-state index contributed by atoms with van der Waals surface area (Å²) < 4.78 is 66.7. The summed E-state index contributed by atoms with van der Waals surface area (Å²) in [7, 11) is -3.93. The van der Waals surface area contributed by atoms with Gasteiger partial charge >= 0.3 is 6.36 Å². The molecular formula is C14H13F3N2O3S. The standard InChI is InChI=1S/C14H13F3N2O3S/c15-14(16,17)22-12-4-1-5-13(9-12)23(20,21)19-8-6-11-3-2-7-18-10-11/h1-5,7,9-10,19H,6,8H2. The van der Waals surface area contributed by atoms with Gasteiger partial charge in [-0.2, -0.15) is 0 Å². The summed E-state index contributed by atoms with van der Waals surface area (Å²) in [6.45, 7) is 0.0956. The Morgan fingerprint density at radius 2 is 1.96 bits per heavy atom. The molecule has 0 amide bonds. The van der Waals surface area contributed by atoms with Gasteiger partial charge in [0.15, 0.2) is 0 Å². The first-order valence-electron chi connectivity index (χ1n) is 6.51. The second kappa shape index (κ2) is 6.97. The van der Waals surface area contributed by atoms with Gasteiger partial charge in [0.2, 0.25) is 10.0 Å². The molecule has 2 rings (SSSR count). The van der Waals surface area contributed by atoms with Gasteiger partial charge in [0.25, 0.3) is 0 Å². The van der Waals surface area contributed by atoms with Gasteiger partial charge in [-0.1, -0.05) is 12.1 Å². The molecule has 1 heterocycles. The first kappa shape index (κ1) is 17.2. The van der Waals surface area contributed by atoms with Crippen LogP contribution < -0.4 is 9.46 Å². The lowest BCUT2D eigenvalue weighted by Gasteiger charge is -2.11. The maximum Gasteiger partial charge on any atom is 0.573 e.